The Morgan fingerprint density at radius 1 is 1.26 bits per heavy atom. The maximum atomic E-state index is 13.4. The number of aromatic nitrogens is 3. The van der Waals surface area contributed by atoms with Gasteiger partial charge in [-0.25, -0.2) is 4.98 Å². The summed E-state index contributed by atoms with van der Waals surface area (Å²) in [6, 6.07) is 7.85. The van der Waals surface area contributed by atoms with E-state index in [0.717, 1.165) is 60.2 Å². The lowest BCUT2D eigenvalue weighted by Gasteiger charge is -2.29. The largest absolute Gasteiger partial charge is 0.494 e. The number of ether oxygens (including phenoxy) is 2. The van der Waals surface area contributed by atoms with Crippen LogP contribution >= 0.6 is 11.3 Å². The zero-order chi connectivity index (χ0) is 21.8. The van der Waals surface area contributed by atoms with Gasteiger partial charge in [0.05, 0.1) is 35.7 Å². The summed E-state index contributed by atoms with van der Waals surface area (Å²) < 4.78 is 13.8. The van der Waals surface area contributed by atoms with Gasteiger partial charge in [-0.3, -0.25) is 19.3 Å². The molecular weight excluding hydrogens is 414 g/mol. The standard InChI is InChI=1S/C22H29N5O3S/c1-4-30-18-5-6-19-20(14-18)31-22(23-19)26(8-7-25-9-11-29-12-10-25)21(28)15-27-17(3)13-16(2)24-27/h5-6,13-14H,4,7-12,15H2,1-3H3. The lowest BCUT2D eigenvalue weighted by Crippen LogP contribution is -2.44. The fraction of sp³-hybridized carbons (Fsp3) is 0.500. The number of morpholine rings is 1. The Hall–Kier alpha value is -2.49. The zero-order valence-corrected chi connectivity index (χ0v) is 19.2. The van der Waals surface area contributed by atoms with Crippen molar-refractivity contribution in [3.8, 4) is 5.75 Å². The lowest BCUT2D eigenvalue weighted by atomic mass is 10.3. The van der Waals surface area contributed by atoms with Crippen molar-refractivity contribution in [3.05, 3.63) is 35.7 Å². The van der Waals surface area contributed by atoms with Gasteiger partial charge < -0.3 is 9.47 Å². The molecule has 1 fully saturated rings. The van der Waals surface area contributed by atoms with Gasteiger partial charge in [0.15, 0.2) is 5.13 Å². The van der Waals surface area contributed by atoms with Crippen molar-refractivity contribution in [2.24, 2.45) is 0 Å². The Morgan fingerprint density at radius 3 is 2.77 bits per heavy atom. The quantitative estimate of drug-likeness (QED) is 0.533. The van der Waals surface area contributed by atoms with Crippen LogP contribution in [0.3, 0.4) is 0 Å². The molecule has 0 saturated carbocycles. The number of hydrogen-bond acceptors (Lipinski definition) is 7. The third-order valence-electron chi connectivity index (χ3n) is 5.32. The molecule has 1 aliphatic heterocycles. The van der Waals surface area contributed by atoms with E-state index in [9.17, 15) is 4.79 Å². The van der Waals surface area contributed by atoms with Crippen LogP contribution in [0.15, 0.2) is 24.3 Å². The van der Waals surface area contributed by atoms with Gasteiger partial charge >= 0.3 is 0 Å². The van der Waals surface area contributed by atoms with E-state index in [2.05, 4.69) is 10.00 Å². The van der Waals surface area contributed by atoms with Crippen LogP contribution in [-0.4, -0.2) is 71.6 Å². The third kappa shape index (κ3) is 5.23. The van der Waals surface area contributed by atoms with Gasteiger partial charge in [0, 0.05) is 31.9 Å². The predicted octanol–water partition coefficient (Wildman–Crippen LogP) is 2.87. The first kappa shape index (κ1) is 21.7. The highest BCUT2D eigenvalue weighted by Crippen LogP contribution is 2.31. The van der Waals surface area contributed by atoms with Gasteiger partial charge in [0.25, 0.3) is 5.91 Å². The molecule has 0 bridgehead atoms. The molecule has 1 aromatic carbocycles. The van der Waals surface area contributed by atoms with Crippen LogP contribution in [0.4, 0.5) is 5.13 Å². The first-order chi connectivity index (χ1) is 15.0. The number of thiazole rings is 1. The molecule has 0 radical (unpaired) electrons. The van der Waals surface area contributed by atoms with Crippen molar-refractivity contribution in [2.75, 3.05) is 50.9 Å². The van der Waals surface area contributed by atoms with E-state index in [0.29, 0.717) is 18.3 Å². The Bertz CT molecular complexity index is 1040. The minimum Gasteiger partial charge on any atom is -0.494 e. The Labute approximate surface area is 186 Å². The van der Waals surface area contributed by atoms with Crippen molar-refractivity contribution in [2.45, 2.75) is 27.3 Å². The predicted molar refractivity (Wildman–Crippen MR) is 122 cm³/mol. The van der Waals surface area contributed by atoms with Crippen molar-refractivity contribution >= 4 is 32.6 Å². The summed E-state index contributed by atoms with van der Waals surface area (Å²) >= 11 is 1.52. The van der Waals surface area contributed by atoms with Gasteiger partial charge in [-0.1, -0.05) is 11.3 Å². The molecule has 1 aliphatic rings. The third-order valence-corrected chi connectivity index (χ3v) is 6.36. The van der Waals surface area contributed by atoms with Crippen molar-refractivity contribution in [1.29, 1.82) is 0 Å². The molecule has 8 nitrogen and oxygen atoms in total. The SMILES string of the molecule is CCOc1ccc2nc(N(CCN3CCOCC3)C(=O)Cn3nc(C)cc3C)sc2c1. The van der Waals surface area contributed by atoms with E-state index >= 15 is 0 Å². The number of carbonyl (C=O) groups is 1. The van der Waals surface area contributed by atoms with E-state index in [4.69, 9.17) is 14.5 Å². The minimum atomic E-state index is -0.0106. The maximum Gasteiger partial charge on any atom is 0.250 e. The molecule has 4 rings (SSSR count). The van der Waals surface area contributed by atoms with Crippen LogP contribution in [-0.2, 0) is 16.1 Å². The number of rotatable bonds is 8. The van der Waals surface area contributed by atoms with E-state index in [1.165, 1.54) is 11.3 Å². The molecule has 1 amide bonds. The van der Waals surface area contributed by atoms with E-state index < -0.39 is 0 Å². The molecule has 2 aromatic heterocycles. The van der Waals surface area contributed by atoms with Gasteiger partial charge in [-0.05, 0) is 45.0 Å². The summed E-state index contributed by atoms with van der Waals surface area (Å²) in [7, 11) is 0. The van der Waals surface area contributed by atoms with Crippen LogP contribution in [0.2, 0.25) is 0 Å². The number of carbonyl (C=O) groups excluding carboxylic acids is 1. The Kier molecular flexibility index (Phi) is 6.84. The smallest absolute Gasteiger partial charge is 0.250 e. The van der Waals surface area contributed by atoms with Gasteiger partial charge in [-0.15, -0.1) is 0 Å². The molecule has 3 aromatic rings. The highest BCUT2D eigenvalue weighted by molar-refractivity contribution is 7.22. The Morgan fingerprint density at radius 2 is 2.06 bits per heavy atom. The highest BCUT2D eigenvalue weighted by atomic mass is 32.1. The van der Waals surface area contributed by atoms with Gasteiger partial charge in [0.2, 0.25) is 0 Å². The topological polar surface area (TPSA) is 72.7 Å². The number of benzene rings is 1. The van der Waals surface area contributed by atoms with Crippen LogP contribution in [0, 0.1) is 13.8 Å². The summed E-state index contributed by atoms with van der Waals surface area (Å²) in [5.74, 6) is 0.808. The average Bonchev–Trinajstić information content (AvgIpc) is 3.31. The highest BCUT2D eigenvalue weighted by Gasteiger charge is 2.23. The molecular formula is C22H29N5O3S. The molecule has 0 N–H and O–H groups in total. The number of anilines is 1. The van der Waals surface area contributed by atoms with Gasteiger partial charge in [-0.2, -0.15) is 5.10 Å². The molecule has 31 heavy (non-hydrogen) atoms. The molecule has 3 heterocycles. The number of aryl methyl sites for hydroxylation is 2. The van der Waals surface area contributed by atoms with Crippen LogP contribution < -0.4 is 9.64 Å². The zero-order valence-electron chi connectivity index (χ0n) is 18.3. The first-order valence-corrected chi connectivity index (χ1v) is 11.5. The lowest BCUT2D eigenvalue weighted by molar-refractivity contribution is -0.119. The number of fused-ring (bicyclic) bond motifs is 1. The summed E-state index contributed by atoms with van der Waals surface area (Å²) in [6.45, 7) is 11.3. The molecule has 0 aliphatic carbocycles. The summed E-state index contributed by atoms with van der Waals surface area (Å²) in [6.07, 6.45) is 0. The second-order valence-electron chi connectivity index (χ2n) is 7.64. The van der Waals surface area contributed by atoms with Crippen molar-refractivity contribution < 1.29 is 14.3 Å². The fourth-order valence-corrected chi connectivity index (χ4v) is 4.74. The second kappa shape index (κ2) is 9.76. The number of amides is 1. The number of nitrogens with zero attached hydrogens (tertiary/aromatic N) is 5. The normalized spacial score (nSPS) is 14.8. The van der Waals surface area contributed by atoms with Gasteiger partial charge in [0.1, 0.15) is 12.3 Å². The van der Waals surface area contributed by atoms with E-state index in [1.807, 2.05) is 45.0 Å². The van der Waals surface area contributed by atoms with Crippen molar-refractivity contribution in [1.82, 2.24) is 19.7 Å². The molecule has 0 atom stereocenters. The molecule has 1 saturated heterocycles. The molecule has 9 heteroatoms. The van der Waals surface area contributed by atoms with Crippen LogP contribution in [0.5, 0.6) is 5.75 Å². The second-order valence-corrected chi connectivity index (χ2v) is 8.65. The molecule has 0 spiro atoms. The first-order valence-electron chi connectivity index (χ1n) is 10.7. The van der Waals surface area contributed by atoms with Crippen LogP contribution in [0.1, 0.15) is 18.3 Å². The van der Waals surface area contributed by atoms with E-state index in [1.54, 1.807) is 9.58 Å². The van der Waals surface area contributed by atoms with Crippen molar-refractivity contribution in [3.63, 3.8) is 0 Å². The maximum absolute atomic E-state index is 13.4. The minimum absolute atomic E-state index is 0.0106. The Balaban J connectivity index is 1.58. The fourth-order valence-electron chi connectivity index (χ4n) is 3.71. The number of hydrogen-bond donors (Lipinski definition) is 0. The molecule has 166 valence electrons. The summed E-state index contributed by atoms with van der Waals surface area (Å²) in [5.41, 5.74) is 2.76. The average molecular weight is 444 g/mol. The van der Waals surface area contributed by atoms with E-state index in [-0.39, 0.29) is 12.5 Å². The monoisotopic (exact) mass is 443 g/mol. The summed E-state index contributed by atoms with van der Waals surface area (Å²) in [5, 5.41) is 5.17. The summed E-state index contributed by atoms with van der Waals surface area (Å²) in [4.78, 5) is 22.3. The molecule has 0 unspecified atom stereocenters. The van der Waals surface area contributed by atoms with Crippen LogP contribution in [0.25, 0.3) is 10.2 Å².